The van der Waals surface area contributed by atoms with Crippen molar-refractivity contribution in [2.75, 3.05) is 11.4 Å². The smallest absolute Gasteiger partial charge is 0.214 e. The molecule has 9 nitrogen and oxygen atoms in total. The summed E-state index contributed by atoms with van der Waals surface area (Å²) in [6.07, 6.45) is 2.35. The van der Waals surface area contributed by atoms with Gasteiger partial charge in [0, 0.05) is 11.1 Å². The Labute approximate surface area is 149 Å². The molecule has 1 amide bonds. The minimum Gasteiger partial charge on any atom is -0.391 e. The second kappa shape index (κ2) is 7.99. The fourth-order valence-electron chi connectivity index (χ4n) is 2.47. The first-order valence-corrected chi connectivity index (χ1v) is 7.86. The molecule has 0 unspecified atom stereocenters. The normalized spacial score (nSPS) is 11.3. The Morgan fingerprint density at radius 1 is 1.31 bits per heavy atom. The summed E-state index contributed by atoms with van der Waals surface area (Å²) >= 11 is 0. The van der Waals surface area contributed by atoms with E-state index < -0.39 is 0 Å². The molecule has 1 heterocycles. The molecule has 0 atom stereocenters. The fourth-order valence-corrected chi connectivity index (χ4v) is 2.47. The highest BCUT2D eigenvalue weighted by atomic mass is 16.7. The molecule has 0 radical (unpaired) electrons. The van der Waals surface area contributed by atoms with E-state index in [1.165, 1.54) is 9.75 Å². The van der Waals surface area contributed by atoms with Crippen molar-refractivity contribution in [2.24, 2.45) is 16.7 Å². The van der Waals surface area contributed by atoms with Crippen LogP contribution in [0.25, 0.3) is 10.9 Å². The van der Waals surface area contributed by atoms with E-state index in [1.807, 2.05) is 42.5 Å². The quantitative estimate of drug-likeness (QED) is 0.177. The Bertz CT molecular complexity index is 908. The molecule has 9 heteroatoms. The molecule has 0 spiro atoms. The van der Waals surface area contributed by atoms with Crippen molar-refractivity contribution < 1.29 is 9.63 Å². The molecule has 3 aromatic rings. The van der Waals surface area contributed by atoms with Crippen LogP contribution < -0.4 is 26.8 Å². The van der Waals surface area contributed by atoms with Crippen LogP contribution >= 0.6 is 0 Å². The number of hydrazone groups is 1. The fraction of sp³-hybridized carbons (Fsp3) is 0.118. The lowest BCUT2D eigenvalue weighted by Gasteiger charge is -2.17. The predicted octanol–water partition coefficient (Wildman–Crippen LogP) is 0.363. The Balaban J connectivity index is 1.77. The number of carbonyl (C=O) groups excluding carboxylic acids is 1. The van der Waals surface area contributed by atoms with Gasteiger partial charge in [-0.25, -0.2) is 11.4 Å². The van der Waals surface area contributed by atoms with Crippen LogP contribution in [-0.2, 0) is 11.4 Å². The number of hydrogen-bond acceptors (Lipinski definition) is 6. The molecule has 26 heavy (non-hydrogen) atoms. The highest BCUT2D eigenvalue weighted by Gasteiger charge is 2.11. The van der Waals surface area contributed by atoms with Crippen LogP contribution in [0.15, 0.2) is 59.8 Å². The number of amides is 1. The SMILES string of the molecule is NN/N=C(\N)CN(C=O)c1ccc2c(cnn2OCc2ccccc2)c1. The minimum absolute atomic E-state index is 0.109. The maximum absolute atomic E-state index is 11.4. The number of hydrazine groups is 1. The highest BCUT2D eigenvalue weighted by molar-refractivity contribution is 5.93. The molecule has 0 aliphatic carbocycles. The molecule has 2 aromatic carbocycles. The number of nitrogens with zero attached hydrogens (tertiary/aromatic N) is 4. The van der Waals surface area contributed by atoms with E-state index in [0.717, 1.165) is 16.5 Å². The van der Waals surface area contributed by atoms with Gasteiger partial charge in [-0.15, -0.1) is 5.10 Å². The first-order valence-electron chi connectivity index (χ1n) is 7.86. The Morgan fingerprint density at radius 2 is 2.12 bits per heavy atom. The monoisotopic (exact) mass is 353 g/mol. The van der Waals surface area contributed by atoms with Gasteiger partial charge in [-0.1, -0.05) is 35.2 Å². The van der Waals surface area contributed by atoms with Crippen molar-refractivity contribution in [3.63, 3.8) is 0 Å². The average Bonchev–Trinajstić information content (AvgIpc) is 3.07. The van der Waals surface area contributed by atoms with Gasteiger partial charge in [-0.3, -0.25) is 4.79 Å². The van der Waals surface area contributed by atoms with E-state index in [2.05, 4.69) is 15.7 Å². The average molecular weight is 353 g/mol. The topological polar surface area (TPSA) is 124 Å². The van der Waals surface area contributed by atoms with Crippen molar-refractivity contribution in [3.05, 3.63) is 60.3 Å². The minimum atomic E-state index is 0.109. The Morgan fingerprint density at radius 3 is 2.85 bits per heavy atom. The standard InChI is InChI=1S/C17H19N7O2/c18-17(21-22-19)10-23(12-25)15-6-7-16-14(8-15)9-20-24(16)26-11-13-4-2-1-3-5-13/h1-9,12,22H,10-11,19H2,(H2,18,21). The Hall–Kier alpha value is -3.59. The van der Waals surface area contributed by atoms with Crippen LogP contribution in [0, 0.1) is 0 Å². The van der Waals surface area contributed by atoms with Crippen LogP contribution in [0.3, 0.4) is 0 Å². The first-order chi connectivity index (χ1) is 12.7. The van der Waals surface area contributed by atoms with Gasteiger partial charge < -0.3 is 15.5 Å². The van der Waals surface area contributed by atoms with Gasteiger partial charge in [0.25, 0.3) is 0 Å². The van der Waals surface area contributed by atoms with E-state index in [4.69, 9.17) is 16.4 Å². The van der Waals surface area contributed by atoms with E-state index in [-0.39, 0.29) is 12.4 Å². The highest BCUT2D eigenvalue weighted by Crippen LogP contribution is 2.21. The zero-order chi connectivity index (χ0) is 18.4. The number of amidine groups is 1. The number of nitrogens with one attached hydrogen (secondary N) is 1. The number of fused-ring (bicyclic) bond motifs is 1. The number of benzene rings is 2. The first kappa shape index (κ1) is 17.2. The van der Waals surface area contributed by atoms with Gasteiger partial charge in [0.05, 0.1) is 12.7 Å². The van der Waals surface area contributed by atoms with E-state index in [9.17, 15) is 4.79 Å². The largest absolute Gasteiger partial charge is 0.391 e. The van der Waals surface area contributed by atoms with Crippen molar-refractivity contribution >= 4 is 28.8 Å². The molecule has 0 aliphatic rings. The van der Waals surface area contributed by atoms with Gasteiger partial charge in [-0.2, -0.15) is 5.10 Å². The number of nitrogens with two attached hydrogens (primary N) is 2. The van der Waals surface area contributed by atoms with Crippen molar-refractivity contribution in [3.8, 4) is 0 Å². The summed E-state index contributed by atoms with van der Waals surface area (Å²) in [5.41, 5.74) is 10.3. The number of aromatic nitrogens is 2. The van der Waals surface area contributed by atoms with Gasteiger partial charge in [0.1, 0.15) is 18.0 Å². The van der Waals surface area contributed by atoms with Gasteiger partial charge in [0.15, 0.2) is 0 Å². The third-order valence-corrected chi connectivity index (χ3v) is 3.71. The zero-order valence-electron chi connectivity index (χ0n) is 13.9. The molecule has 0 saturated carbocycles. The van der Waals surface area contributed by atoms with Crippen LogP contribution in [0.5, 0.6) is 0 Å². The van der Waals surface area contributed by atoms with Crippen LogP contribution in [0.1, 0.15) is 5.56 Å². The Kier molecular flexibility index (Phi) is 5.30. The molecule has 0 saturated heterocycles. The molecule has 0 aliphatic heterocycles. The van der Waals surface area contributed by atoms with Crippen LogP contribution in [0.4, 0.5) is 5.69 Å². The molecule has 134 valence electrons. The molecule has 0 fully saturated rings. The zero-order valence-corrected chi connectivity index (χ0v) is 13.9. The third kappa shape index (κ3) is 3.90. The van der Waals surface area contributed by atoms with E-state index >= 15 is 0 Å². The lowest BCUT2D eigenvalue weighted by molar-refractivity contribution is -0.107. The summed E-state index contributed by atoms with van der Waals surface area (Å²) < 4.78 is 0. The number of hydrogen-bond donors (Lipinski definition) is 3. The molecule has 3 rings (SSSR count). The summed E-state index contributed by atoms with van der Waals surface area (Å²) in [6.45, 7) is 0.511. The third-order valence-electron chi connectivity index (χ3n) is 3.71. The number of anilines is 1. The lowest BCUT2D eigenvalue weighted by atomic mass is 10.2. The molecular formula is C17H19N7O2. The summed E-state index contributed by atoms with van der Waals surface area (Å²) in [4.78, 5) is 20.0. The second-order valence-corrected chi connectivity index (χ2v) is 5.49. The summed E-state index contributed by atoms with van der Waals surface area (Å²) in [7, 11) is 0. The number of rotatable bonds is 8. The van der Waals surface area contributed by atoms with Gasteiger partial charge in [0.2, 0.25) is 6.41 Å². The predicted molar refractivity (Wildman–Crippen MR) is 98.8 cm³/mol. The van der Waals surface area contributed by atoms with Crippen molar-refractivity contribution in [1.82, 2.24) is 15.5 Å². The van der Waals surface area contributed by atoms with Crippen LogP contribution in [-0.4, -0.2) is 28.7 Å². The van der Waals surface area contributed by atoms with Gasteiger partial charge >= 0.3 is 0 Å². The molecule has 1 aromatic heterocycles. The maximum atomic E-state index is 11.4. The van der Waals surface area contributed by atoms with Gasteiger partial charge in [-0.05, 0) is 23.8 Å². The summed E-state index contributed by atoms with van der Waals surface area (Å²) in [5.74, 6) is 5.27. The number of carbonyl (C=O) groups is 1. The van der Waals surface area contributed by atoms with E-state index in [1.54, 1.807) is 12.3 Å². The summed E-state index contributed by atoms with van der Waals surface area (Å²) in [5, 5.41) is 8.71. The van der Waals surface area contributed by atoms with Crippen LogP contribution in [0.2, 0.25) is 0 Å². The van der Waals surface area contributed by atoms with E-state index in [0.29, 0.717) is 18.7 Å². The lowest BCUT2D eigenvalue weighted by Crippen LogP contribution is -2.35. The molecule has 5 N–H and O–H groups in total. The van der Waals surface area contributed by atoms with Crippen molar-refractivity contribution in [2.45, 2.75) is 6.61 Å². The molecule has 0 bridgehead atoms. The van der Waals surface area contributed by atoms with Crippen molar-refractivity contribution in [1.29, 1.82) is 0 Å². The summed E-state index contributed by atoms with van der Waals surface area (Å²) in [6, 6.07) is 15.3. The maximum Gasteiger partial charge on any atom is 0.214 e. The molecular weight excluding hydrogens is 334 g/mol. The second-order valence-electron chi connectivity index (χ2n) is 5.49.